The maximum Gasteiger partial charge on any atom is 0.222 e. The predicted octanol–water partition coefficient (Wildman–Crippen LogP) is 3.55. The van der Waals surface area contributed by atoms with Crippen molar-refractivity contribution in [2.45, 2.75) is 25.9 Å². The molecule has 0 saturated carbocycles. The number of ether oxygens (including phenoxy) is 1. The molecule has 1 atom stereocenters. The lowest BCUT2D eigenvalue weighted by atomic mass is 10.1. The van der Waals surface area contributed by atoms with Crippen molar-refractivity contribution in [3.8, 4) is 5.75 Å². The molecule has 0 saturated heterocycles. The van der Waals surface area contributed by atoms with Crippen molar-refractivity contribution in [3.63, 3.8) is 0 Å². The highest BCUT2D eigenvalue weighted by atomic mass is 35.5. The van der Waals surface area contributed by atoms with Gasteiger partial charge >= 0.3 is 0 Å². The second kappa shape index (κ2) is 7.14. The summed E-state index contributed by atoms with van der Waals surface area (Å²) in [5, 5.41) is 3.60. The summed E-state index contributed by atoms with van der Waals surface area (Å²) in [4.78, 5) is 14.4. The van der Waals surface area contributed by atoms with Crippen LogP contribution in [-0.2, 0) is 11.3 Å². The van der Waals surface area contributed by atoms with Crippen molar-refractivity contribution < 1.29 is 9.53 Å². The Hall–Kier alpha value is -2.20. The van der Waals surface area contributed by atoms with Crippen LogP contribution in [0, 0.1) is 6.92 Å². The van der Waals surface area contributed by atoms with E-state index in [1.54, 1.807) is 0 Å². The minimum absolute atomic E-state index is 0.00840. The lowest BCUT2D eigenvalue weighted by Gasteiger charge is -2.35. The van der Waals surface area contributed by atoms with Gasteiger partial charge in [0.05, 0.1) is 18.2 Å². The first kappa shape index (κ1) is 16.7. The molecule has 0 fully saturated rings. The molecule has 1 amide bonds. The van der Waals surface area contributed by atoms with Crippen molar-refractivity contribution in [3.05, 3.63) is 58.6 Å². The monoisotopic (exact) mass is 344 g/mol. The first-order valence-corrected chi connectivity index (χ1v) is 8.39. The van der Waals surface area contributed by atoms with Crippen LogP contribution in [-0.4, -0.2) is 25.6 Å². The molecule has 1 unspecified atom stereocenters. The molecular weight excluding hydrogens is 324 g/mol. The maximum atomic E-state index is 12.3. The van der Waals surface area contributed by atoms with Crippen LogP contribution in [0.5, 0.6) is 5.75 Å². The molecule has 1 aliphatic rings. The van der Waals surface area contributed by atoms with Crippen molar-refractivity contribution in [2.24, 2.45) is 0 Å². The molecule has 1 N–H and O–H groups in total. The predicted molar refractivity (Wildman–Crippen MR) is 96.8 cm³/mol. The zero-order valence-electron chi connectivity index (χ0n) is 13.9. The van der Waals surface area contributed by atoms with Gasteiger partial charge < -0.3 is 15.0 Å². The van der Waals surface area contributed by atoms with Crippen molar-refractivity contribution in [1.29, 1.82) is 0 Å². The molecule has 0 bridgehead atoms. The first-order valence-electron chi connectivity index (χ1n) is 8.01. The molecule has 0 radical (unpaired) electrons. The minimum Gasteiger partial charge on any atom is -0.489 e. The summed E-state index contributed by atoms with van der Waals surface area (Å²) in [6, 6.07) is 13.7. The van der Waals surface area contributed by atoms with Gasteiger partial charge in [0.15, 0.2) is 0 Å². The first-order chi connectivity index (χ1) is 11.5. The molecular formula is C19H21ClN2O2. The van der Waals surface area contributed by atoms with Crippen molar-refractivity contribution in [2.75, 3.05) is 18.6 Å². The molecule has 1 aliphatic heterocycles. The fourth-order valence-electron chi connectivity index (χ4n) is 2.84. The van der Waals surface area contributed by atoms with Crippen LogP contribution < -0.4 is 15.0 Å². The lowest BCUT2D eigenvalue weighted by Crippen LogP contribution is -2.43. The van der Waals surface area contributed by atoms with E-state index in [1.165, 1.54) is 0 Å². The van der Waals surface area contributed by atoms with Crippen molar-refractivity contribution in [1.82, 2.24) is 5.32 Å². The number of benzene rings is 2. The van der Waals surface area contributed by atoms with Gasteiger partial charge in [0.25, 0.3) is 0 Å². The molecule has 4 nitrogen and oxygen atoms in total. The van der Waals surface area contributed by atoms with Crippen LogP contribution in [0.3, 0.4) is 0 Å². The third kappa shape index (κ3) is 3.65. The second-order valence-corrected chi connectivity index (χ2v) is 6.53. The summed E-state index contributed by atoms with van der Waals surface area (Å²) < 4.78 is 5.83. The van der Waals surface area contributed by atoms with Gasteiger partial charge in [0.2, 0.25) is 5.91 Å². The van der Waals surface area contributed by atoms with E-state index >= 15 is 0 Å². The maximum absolute atomic E-state index is 12.3. The number of hydrogen-bond acceptors (Lipinski definition) is 3. The topological polar surface area (TPSA) is 41.6 Å². The zero-order valence-corrected chi connectivity index (χ0v) is 14.6. The minimum atomic E-state index is -0.00840. The Kier molecular flexibility index (Phi) is 4.95. The summed E-state index contributed by atoms with van der Waals surface area (Å²) in [6.45, 7) is 2.98. The molecule has 0 aromatic heterocycles. The van der Waals surface area contributed by atoms with Crippen LogP contribution in [0.15, 0.2) is 42.5 Å². The Morgan fingerprint density at radius 1 is 1.33 bits per heavy atom. The van der Waals surface area contributed by atoms with E-state index in [9.17, 15) is 4.79 Å². The molecule has 0 aliphatic carbocycles. The lowest BCUT2D eigenvalue weighted by molar-refractivity contribution is -0.121. The number of anilines is 1. The summed E-state index contributed by atoms with van der Waals surface area (Å²) >= 11 is 6.11. The van der Waals surface area contributed by atoms with E-state index in [4.69, 9.17) is 16.3 Å². The van der Waals surface area contributed by atoms with E-state index in [0.29, 0.717) is 24.6 Å². The van der Waals surface area contributed by atoms with E-state index in [-0.39, 0.29) is 11.9 Å². The number of carbonyl (C=O) groups excluding carboxylic acids is 1. The van der Waals surface area contributed by atoms with Gasteiger partial charge in [-0.25, -0.2) is 0 Å². The average molecular weight is 345 g/mol. The Morgan fingerprint density at radius 2 is 2.12 bits per heavy atom. The molecule has 2 aromatic carbocycles. The highest BCUT2D eigenvalue weighted by molar-refractivity contribution is 6.31. The molecule has 5 heteroatoms. The van der Waals surface area contributed by atoms with Gasteiger partial charge in [-0.1, -0.05) is 35.9 Å². The Balaban J connectivity index is 1.59. The summed E-state index contributed by atoms with van der Waals surface area (Å²) in [5.41, 5.74) is 3.11. The number of rotatable bonds is 4. The number of fused-ring (bicyclic) bond motifs is 1. The smallest absolute Gasteiger partial charge is 0.222 e. The van der Waals surface area contributed by atoms with Gasteiger partial charge in [-0.15, -0.1) is 0 Å². The molecule has 3 rings (SSSR count). The fourth-order valence-corrected chi connectivity index (χ4v) is 3.04. The third-order valence-corrected chi connectivity index (χ3v) is 4.70. The molecule has 1 heterocycles. The highest BCUT2D eigenvalue weighted by Crippen LogP contribution is 2.34. The van der Waals surface area contributed by atoms with Gasteiger partial charge in [-0.2, -0.15) is 0 Å². The zero-order chi connectivity index (χ0) is 17.1. The Morgan fingerprint density at radius 3 is 2.92 bits per heavy atom. The number of carbonyl (C=O) groups is 1. The van der Waals surface area contributed by atoms with Gasteiger partial charge in [0, 0.05) is 18.6 Å². The number of amides is 1. The summed E-state index contributed by atoms with van der Waals surface area (Å²) in [5.74, 6) is 0.871. The van der Waals surface area contributed by atoms with E-state index in [2.05, 4.69) is 16.3 Å². The number of nitrogens with zero attached hydrogens (tertiary/aromatic N) is 1. The van der Waals surface area contributed by atoms with E-state index < -0.39 is 0 Å². The molecule has 24 heavy (non-hydrogen) atoms. The third-order valence-electron chi connectivity index (χ3n) is 4.33. The second-order valence-electron chi connectivity index (χ2n) is 6.12. The van der Waals surface area contributed by atoms with Crippen LogP contribution >= 0.6 is 11.6 Å². The summed E-state index contributed by atoms with van der Waals surface area (Å²) in [6.07, 6.45) is 0.383. The highest BCUT2D eigenvalue weighted by Gasteiger charge is 2.26. The molecule has 126 valence electrons. The van der Waals surface area contributed by atoms with Crippen molar-refractivity contribution >= 4 is 23.2 Å². The normalized spacial score (nSPS) is 16.3. The fraction of sp³-hybridized carbons (Fsp3) is 0.316. The molecule has 0 spiro atoms. The number of likely N-dealkylation sites (N-methyl/N-ethyl adjacent to an activating group) is 1. The quantitative estimate of drug-likeness (QED) is 0.922. The van der Waals surface area contributed by atoms with E-state index in [1.807, 2.05) is 50.4 Å². The van der Waals surface area contributed by atoms with Crippen LogP contribution in [0.25, 0.3) is 0 Å². The summed E-state index contributed by atoms with van der Waals surface area (Å²) in [7, 11) is 2.00. The van der Waals surface area contributed by atoms with Gasteiger partial charge in [0.1, 0.15) is 12.4 Å². The van der Waals surface area contributed by atoms with Crippen LogP contribution in [0.1, 0.15) is 17.5 Å². The van der Waals surface area contributed by atoms with Gasteiger partial charge in [-0.3, -0.25) is 4.79 Å². The average Bonchev–Trinajstić information content (AvgIpc) is 2.56. The number of aryl methyl sites for hydroxylation is 1. The van der Waals surface area contributed by atoms with Crippen LogP contribution in [0.4, 0.5) is 5.69 Å². The Labute approximate surface area is 147 Å². The largest absolute Gasteiger partial charge is 0.489 e. The Bertz CT molecular complexity index is 748. The molecule has 2 aromatic rings. The number of nitrogens with one attached hydrogen (secondary N) is 1. The standard InChI is InChI=1S/C19H21ClN2O2/c1-13-7-8-17-18(9-13)24-12-15(22(17)2)10-19(23)21-11-14-5-3-4-6-16(14)20/h3-9,15H,10-12H2,1-2H3,(H,21,23). The van der Waals surface area contributed by atoms with Crippen LogP contribution in [0.2, 0.25) is 5.02 Å². The number of halogens is 1. The SMILES string of the molecule is Cc1ccc2c(c1)OCC(CC(=O)NCc1ccccc1Cl)N2C. The van der Waals surface area contributed by atoms with E-state index in [0.717, 1.165) is 22.6 Å². The van der Waals surface area contributed by atoms with Gasteiger partial charge in [-0.05, 0) is 36.2 Å². The number of hydrogen-bond donors (Lipinski definition) is 1.